The Morgan fingerprint density at radius 2 is 1.49 bits per heavy atom. The highest BCUT2D eigenvalue weighted by Gasteiger charge is 2.42. The first-order chi connectivity index (χ1) is 18.2. The zero-order valence-corrected chi connectivity index (χ0v) is 22.8. The summed E-state index contributed by atoms with van der Waals surface area (Å²) in [5.74, 6) is 3.00. The van der Waals surface area contributed by atoms with E-state index in [1.54, 1.807) is 0 Å². The molecule has 2 saturated carbocycles. The molecule has 6 rings (SSSR count). The lowest BCUT2D eigenvalue weighted by molar-refractivity contribution is 0.0602. The van der Waals surface area contributed by atoms with Crippen molar-refractivity contribution in [3.05, 3.63) is 36.4 Å². The molecule has 0 bridgehead atoms. The first kappa shape index (κ1) is 25.6. The quantitative estimate of drug-likeness (QED) is 0.464. The largest absolute Gasteiger partial charge is 0.349 e. The first-order valence-corrected chi connectivity index (χ1v) is 15.4. The van der Waals surface area contributed by atoms with E-state index in [4.69, 9.17) is 0 Å². The van der Waals surface area contributed by atoms with Crippen molar-refractivity contribution in [1.82, 2.24) is 35.1 Å². The molecule has 2 aliphatic carbocycles. The van der Waals surface area contributed by atoms with Crippen molar-refractivity contribution in [3.63, 3.8) is 0 Å². The summed E-state index contributed by atoms with van der Waals surface area (Å²) in [6.07, 6.45) is 26.4. The van der Waals surface area contributed by atoms with Crippen LogP contribution in [-0.4, -0.2) is 80.6 Å². The summed E-state index contributed by atoms with van der Waals surface area (Å²) in [4.78, 5) is 21.2. The van der Waals surface area contributed by atoms with Gasteiger partial charge in [0.2, 0.25) is 0 Å². The van der Waals surface area contributed by atoms with Crippen LogP contribution in [0.4, 0.5) is 0 Å². The first-order valence-electron chi connectivity index (χ1n) is 15.4. The summed E-state index contributed by atoms with van der Waals surface area (Å²) in [5, 5.41) is 3.99. The molecule has 0 radical (unpaired) electrons. The summed E-state index contributed by atoms with van der Waals surface area (Å²) >= 11 is 0. The van der Waals surface area contributed by atoms with Crippen molar-refractivity contribution in [2.24, 2.45) is 11.3 Å². The molecule has 2 aromatic rings. The zero-order valence-electron chi connectivity index (χ0n) is 22.8. The number of rotatable bonds is 9. The molecule has 4 aliphatic rings. The maximum Gasteiger partial charge on any atom is 0.107 e. The van der Waals surface area contributed by atoms with Gasteiger partial charge < -0.3 is 25.1 Å². The van der Waals surface area contributed by atoms with Crippen LogP contribution in [-0.2, 0) is 12.8 Å². The fraction of sp³-hybridized carbons (Fsp3) is 0.800. The van der Waals surface area contributed by atoms with E-state index < -0.39 is 0 Å². The van der Waals surface area contributed by atoms with Crippen LogP contribution in [0.2, 0.25) is 0 Å². The molecule has 3 N–H and O–H groups in total. The molecule has 0 unspecified atom stereocenters. The molecule has 2 saturated heterocycles. The average molecular weight is 508 g/mol. The highest BCUT2D eigenvalue weighted by atomic mass is 15.2. The van der Waals surface area contributed by atoms with E-state index in [1.807, 2.05) is 24.8 Å². The van der Waals surface area contributed by atoms with Crippen molar-refractivity contribution in [3.8, 4) is 0 Å². The number of likely N-dealkylation sites (tertiary alicyclic amines) is 2. The SMILES string of the molecule is c1c[nH]c(CC(Cc2ncc[nH]2)NC2CCC(CN3CCC4(CCN(C5CCCCC5)CC4)C3)CC2)n1. The van der Waals surface area contributed by atoms with Crippen LogP contribution in [0, 0.1) is 11.3 Å². The number of hydrogen-bond acceptors (Lipinski definition) is 5. The molecular formula is C30H49N7. The summed E-state index contributed by atoms with van der Waals surface area (Å²) in [7, 11) is 0. The van der Waals surface area contributed by atoms with Crippen LogP contribution in [0.25, 0.3) is 0 Å². The molecule has 4 heterocycles. The van der Waals surface area contributed by atoms with Crippen molar-refractivity contribution in [2.45, 2.75) is 108 Å². The highest BCUT2D eigenvalue weighted by Crippen LogP contribution is 2.42. The third-order valence-corrected chi connectivity index (χ3v) is 10.3. The van der Waals surface area contributed by atoms with Crippen LogP contribution < -0.4 is 5.32 Å². The molecule has 7 nitrogen and oxygen atoms in total. The lowest BCUT2D eigenvalue weighted by Crippen LogP contribution is -2.47. The summed E-state index contributed by atoms with van der Waals surface area (Å²) in [6.45, 7) is 6.79. The van der Waals surface area contributed by atoms with Gasteiger partial charge in [-0.15, -0.1) is 0 Å². The van der Waals surface area contributed by atoms with E-state index in [0.717, 1.165) is 36.5 Å². The predicted molar refractivity (Wildman–Crippen MR) is 148 cm³/mol. The van der Waals surface area contributed by atoms with Gasteiger partial charge in [0.25, 0.3) is 0 Å². The van der Waals surface area contributed by atoms with E-state index in [0.29, 0.717) is 17.5 Å². The Morgan fingerprint density at radius 1 is 0.838 bits per heavy atom. The Bertz CT molecular complexity index is 868. The van der Waals surface area contributed by atoms with Crippen LogP contribution in [0.3, 0.4) is 0 Å². The normalized spacial score (nSPS) is 27.9. The maximum atomic E-state index is 4.48. The van der Waals surface area contributed by atoms with Gasteiger partial charge in [0, 0.05) is 68.8 Å². The third kappa shape index (κ3) is 6.66. The number of nitrogens with zero attached hydrogens (tertiary/aromatic N) is 4. The van der Waals surface area contributed by atoms with Gasteiger partial charge >= 0.3 is 0 Å². The van der Waals surface area contributed by atoms with E-state index >= 15 is 0 Å². The molecule has 0 aromatic carbocycles. The molecule has 2 aromatic heterocycles. The number of aromatic nitrogens is 4. The third-order valence-electron chi connectivity index (χ3n) is 10.3. The van der Waals surface area contributed by atoms with Gasteiger partial charge in [-0.25, -0.2) is 9.97 Å². The van der Waals surface area contributed by atoms with Crippen LogP contribution >= 0.6 is 0 Å². The van der Waals surface area contributed by atoms with Gasteiger partial charge in [-0.3, -0.25) is 0 Å². The molecule has 2 aliphatic heterocycles. The van der Waals surface area contributed by atoms with E-state index in [-0.39, 0.29) is 0 Å². The highest BCUT2D eigenvalue weighted by molar-refractivity contribution is 4.99. The number of H-pyrrole nitrogens is 2. The Morgan fingerprint density at radius 3 is 2.11 bits per heavy atom. The Hall–Kier alpha value is -1.70. The van der Waals surface area contributed by atoms with Crippen molar-refractivity contribution < 1.29 is 0 Å². The minimum Gasteiger partial charge on any atom is -0.349 e. The Kier molecular flexibility index (Phi) is 8.29. The van der Waals surface area contributed by atoms with Crippen LogP contribution in [0.15, 0.2) is 24.8 Å². The van der Waals surface area contributed by atoms with Crippen LogP contribution in [0.5, 0.6) is 0 Å². The van der Waals surface area contributed by atoms with Gasteiger partial charge in [0.15, 0.2) is 0 Å². The number of imidazole rings is 2. The van der Waals surface area contributed by atoms with Gasteiger partial charge in [-0.1, -0.05) is 19.3 Å². The fourth-order valence-corrected chi connectivity index (χ4v) is 8.09. The molecule has 204 valence electrons. The maximum absolute atomic E-state index is 4.48. The molecule has 1 spiro atoms. The monoisotopic (exact) mass is 507 g/mol. The predicted octanol–water partition coefficient (Wildman–Crippen LogP) is 4.56. The minimum atomic E-state index is 0.358. The van der Waals surface area contributed by atoms with E-state index in [1.165, 1.54) is 110 Å². The standard InChI is InChI=1S/C30H49N7/c1-2-4-27(5-3-1)37-18-11-30(12-19-37)10-17-36(23-30)22-24-6-8-25(9-7-24)35-26(20-28-31-13-14-32-28)21-29-33-15-16-34-29/h13-16,24-27,35H,1-12,17-23H2,(H,31,32)(H,33,34). The van der Waals surface area contributed by atoms with Gasteiger partial charge in [0.1, 0.15) is 11.6 Å². The second kappa shape index (κ2) is 12.0. The van der Waals surface area contributed by atoms with Crippen molar-refractivity contribution >= 4 is 0 Å². The molecule has 7 heteroatoms. The van der Waals surface area contributed by atoms with Crippen molar-refractivity contribution in [2.75, 3.05) is 32.7 Å². The van der Waals surface area contributed by atoms with Gasteiger partial charge in [-0.2, -0.15) is 0 Å². The summed E-state index contributed by atoms with van der Waals surface area (Å²) in [6, 6.07) is 1.88. The zero-order chi connectivity index (χ0) is 24.9. The fourth-order valence-electron chi connectivity index (χ4n) is 8.09. The van der Waals surface area contributed by atoms with Crippen molar-refractivity contribution in [1.29, 1.82) is 0 Å². The second-order valence-corrected chi connectivity index (χ2v) is 12.9. The molecule has 4 fully saturated rings. The number of nitrogens with one attached hydrogen (secondary N) is 3. The average Bonchev–Trinajstić information content (AvgIpc) is 3.71. The molecule has 0 amide bonds. The smallest absolute Gasteiger partial charge is 0.107 e. The molecule has 0 atom stereocenters. The second-order valence-electron chi connectivity index (χ2n) is 12.9. The lowest BCUT2D eigenvalue weighted by atomic mass is 9.77. The van der Waals surface area contributed by atoms with E-state index in [9.17, 15) is 0 Å². The van der Waals surface area contributed by atoms with Gasteiger partial charge in [0.05, 0.1) is 0 Å². The summed E-state index contributed by atoms with van der Waals surface area (Å²) < 4.78 is 0. The number of piperidine rings is 1. The van der Waals surface area contributed by atoms with Gasteiger partial charge in [-0.05, 0) is 88.8 Å². The number of aromatic amines is 2. The topological polar surface area (TPSA) is 75.9 Å². The number of hydrogen-bond donors (Lipinski definition) is 3. The summed E-state index contributed by atoms with van der Waals surface area (Å²) in [5.41, 5.74) is 0.634. The lowest BCUT2D eigenvalue weighted by Gasteiger charge is -2.44. The molecule has 37 heavy (non-hydrogen) atoms. The van der Waals surface area contributed by atoms with E-state index in [2.05, 4.69) is 35.1 Å². The van der Waals surface area contributed by atoms with Crippen LogP contribution in [0.1, 0.15) is 88.7 Å². The minimum absolute atomic E-state index is 0.358. The Labute approximate surface area is 223 Å². The Balaban J connectivity index is 0.936. The molecular weight excluding hydrogens is 458 g/mol.